The third kappa shape index (κ3) is 3.94. The summed E-state index contributed by atoms with van der Waals surface area (Å²) < 4.78 is 11.8. The molecule has 0 saturated carbocycles. The SMILES string of the molecule is C[C@@H](C(=O)N(C)c1ccccc1)[NH+](C)C[C@@H]1COc2ccccc2O1. The molecule has 2 aromatic rings. The zero-order chi connectivity index (χ0) is 17.8. The van der Waals surface area contributed by atoms with E-state index < -0.39 is 0 Å². The second kappa shape index (κ2) is 7.57. The van der Waals surface area contributed by atoms with Crippen molar-refractivity contribution in [2.24, 2.45) is 0 Å². The van der Waals surface area contributed by atoms with Crippen molar-refractivity contribution >= 4 is 11.6 Å². The van der Waals surface area contributed by atoms with E-state index in [1.807, 2.05) is 75.6 Å². The largest absolute Gasteiger partial charge is 0.486 e. The van der Waals surface area contributed by atoms with Crippen molar-refractivity contribution in [3.63, 3.8) is 0 Å². The van der Waals surface area contributed by atoms with Gasteiger partial charge in [0.15, 0.2) is 23.6 Å². The molecule has 1 heterocycles. The average Bonchev–Trinajstić information content (AvgIpc) is 2.66. The molecule has 0 aromatic heterocycles. The minimum atomic E-state index is -0.175. The molecule has 132 valence electrons. The van der Waals surface area contributed by atoms with Crippen molar-refractivity contribution < 1.29 is 19.2 Å². The summed E-state index contributed by atoms with van der Waals surface area (Å²) >= 11 is 0. The number of likely N-dealkylation sites (N-methyl/N-ethyl adjacent to an activating group) is 2. The first kappa shape index (κ1) is 17.3. The summed E-state index contributed by atoms with van der Waals surface area (Å²) in [4.78, 5) is 15.6. The van der Waals surface area contributed by atoms with Crippen LogP contribution in [0.15, 0.2) is 54.6 Å². The Labute approximate surface area is 148 Å². The summed E-state index contributed by atoms with van der Waals surface area (Å²) in [6.45, 7) is 3.16. The highest BCUT2D eigenvalue weighted by molar-refractivity contribution is 5.95. The molecule has 1 unspecified atom stereocenters. The fraction of sp³-hybridized carbons (Fsp3) is 0.350. The van der Waals surface area contributed by atoms with Crippen LogP contribution in [0.25, 0.3) is 0 Å². The molecule has 3 atom stereocenters. The zero-order valence-electron chi connectivity index (χ0n) is 14.9. The van der Waals surface area contributed by atoms with Crippen molar-refractivity contribution in [1.82, 2.24) is 0 Å². The van der Waals surface area contributed by atoms with Crippen LogP contribution in [0.1, 0.15) is 6.92 Å². The number of quaternary nitrogens is 1. The Balaban J connectivity index is 1.59. The van der Waals surface area contributed by atoms with Crippen LogP contribution in [0.2, 0.25) is 0 Å². The van der Waals surface area contributed by atoms with Crippen molar-refractivity contribution in [3.8, 4) is 11.5 Å². The highest BCUT2D eigenvalue weighted by Crippen LogP contribution is 2.30. The van der Waals surface area contributed by atoms with Gasteiger partial charge in [0.1, 0.15) is 13.2 Å². The Bertz CT molecular complexity index is 720. The number of para-hydroxylation sites is 3. The van der Waals surface area contributed by atoms with E-state index in [9.17, 15) is 4.79 Å². The lowest BCUT2D eigenvalue weighted by Gasteiger charge is -2.31. The van der Waals surface area contributed by atoms with Gasteiger partial charge in [-0.1, -0.05) is 30.3 Å². The van der Waals surface area contributed by atoms with Crippen molar-refractivity contribution in [3.05, 3.63) is 54.6 Å². The number of anilines is 1. The number of ether oxygens (including phenoxy) is 2. The fourth-order valence-electron chi connectivity index (χ4n) is 2.98. The monoisotopic (exact) mass is 341 g/mol. The smallest absolute Gasteiger partial charge is 0.284 e. The van der Waals surface area contributed by atoms with Gasteiger partial charge >= 0.3 is 0 Å². The second-order valence-corrected chi connectivity index (χ2v) is 6.50. The standard InChI is InChI=1S/C20H24N2O3/c1-15(20(23)22(3)16-9-5-4-6-10-16)21(2)13-17-14-24-18-11-7-8-12-19(18)25-17/h4-12,15,17H,13-14H2,1-3H3/p+1/t15-,17+/m0/s1. The summed E-state index contributed by atoms with van der Waals surface area (Å²) in [6.07, 6.45) is -0.0628. The number of fused-ring (bicyclic) bond motifs is 1. The maximum atomic E-state index is 12.8. The van der Waals surface area contributed by atoms with E-state index in [0.717, 1.165) is 22.1 Å². The predicted molar refractivity (Wildman–Crippen MR) is 97.4 cm³/mol. The van der Waals surface area contributed by atoms with Crippen LogP contribution < -0.4 is 19.3 Å². The molecule has 1 aliphatic heterocycles. The molecule has 25 heavy (non-hydrogen) atoms. The van der Waals surface area contributed by atoms with E-state index in [-0.39, 0.29) is 18.1 Å². The summed E-state index contributed by atoms with van der Waals surface area (Å²) in [5, 5.41) is 0. The van der Waals surface area contributed by atoms with E-state index in [4.69, 9.17) is 9.47 Å². The van der Waals surface area contributed by atoms with Crippen molar-refractivity contribution in [2.75, 3.05) is 32.1 Å². The summed E-state index contributed by atoms with van der Waals surface area (Å²) in [5.41, 5.74) is 0.901. The Hall–Kier alpha value is -2.53. The Morgan fingerprint density at radius 3 is 2.52 bits per heavy atom. The maximum Gasteiger partial charge on any atom is 0.284 e. The van der Waals surface area contributed by atoms with Crippen LogP contribution in [0, 0.1) is 0 Å². The van der Waals surface area contributed by atoms with E-state index in [0.29, 0.717) is 13.2 Å². The fourth-order valence-corrected chi connectivity index (χ4v) is 2.98. The third-order valence-electron chi connectivity index (χ3n) is 4.70. The molecule has 0 bridgehead atoms. The lowest BCUT2D eigenvalue weighted by Crippen LogP contribution is -3.15. The number of hydrogen-bond acceptors (Lipinski definition) is 3. The summed E-state index contributed by atoms with van der Waals surface area (Å²) in [7, 11) is 3.84. The van der Waals surface area contributed by atoms with Gasteiger partial charge in [0, 0.05) is 12.7 Å². The number of nitrogens with one attached hydrogen (secondary N) is 1. The molecular weight excluding hydrogens is 316 g/mol. The maximum absolute atomic E-state index is 12.8. The summed E-state index contributed by atoms with van der Waals surface area (Å²) in [6, 6.07) is 17.2. The highest BCUT2D eigenvalue weighted by Gasteiger charge is 2.30. The highest BCUT2D eigenvalue weighted by atomic mass is 16.6. The van der Waals surface area contributed by atoms with E-state index in [1.165, 1.54) is 0 Å². The Kier molecular flexibility index (Phi) is 5.24. The van der Waals surface area contributed by atoms with Gasteiger partial charge in [-0.3, -0.25) is 4.79 Å². The van der Waals surface area contributed by atoms with Gasteiger partial charge in [-0.25, -0.2) is 0 Å². The molecule has 1 aliphatic rings. The van der Waals surface area contributed by atoms with Crippen LogP contribution in [0.3, 0.4) is 0 Å². The number of benzene rings is 2. The van der Waals surface area contributed by atoms with Gasteiger partial charge < -0.3 is 19.3 Å². The Morgan fingerprint density at radius 2 is 1.80 bits per heavy atom. The molecule has 0 saturated heterocycles. The van der Waals surface area contributed by atoms with Crippen molar-refractivity contribution in [1.29, 1.82) is 0 Å². The lowest BCUT2D eigenvalue weighted by atomic mass is 10.2. The molecular formula is C20H25N2O3+. The molecule has 0 aliphatic carbocycles. The van der Waals surface area contributed by atoms with Gasteiger partial charge in [-0.2, -0.15) is 0 Å². The minimum absolute atomic E-state index is 0.0628. The first-order valence-electron chi connectivity index (χ1n) is 8.59. The Morgan fingerprint density at radius 1 is 1.16 bits per heavy atom. The third-order valence-corrected chi connectivity index (χ3v) is 4.70. The van der Waals surface area contributed by atoms with Crippen LogP contribution in [0.4, 0.5) is 5.69 Å². The molecule has 5 heteroatoms. The quantitative estimate of drug-likeness (QED) is 0.894. The van der Waals surface area contributed by atoms with Gasteiger partial charge in [-0.05, 0) is 31.2 Å². The second-order valence-electron chi connectivity index (χ2n) is 6.50. The number of nitrogens with zero attached hydrogens (tertiary/aromatic N) is 1. The summed E-state index contributed by atoms with van der Waals surface area (Å²) in [5.74, 6) is 1.64. The molecule has 0 radical (unpaired) electrons. The first-order chi connectivity index (χ1) is 12.1. The number of amides is 1. The normalized spacial score (nSPS) is 18.3. The molecule has 3 rings (SSSR count). The van der Waals surface area contributed by atoms with E-state index in [2.05, 4.69) is 0 Å². The average molecular weight is 341 g/mol. The van der Waals surface area contributed by atoms with Gasteiger partial charge in [0.25, 0.3) is 5.91 Å². The van der Waals surface area contributed by atoms with Crippen LogP contribution in [0.5, 0.6) is 11.5 Å². The molecule has 0 fully saturated rings. The topological polar surface area (TPSA) is 43.2 Å². The first-order valence-corrected chi connectivity index (χ1v) is 8.59. The van der Waals surface area contributed by atoms with E-state index >= 15 is 0 Å². The number of carbonyl (C=O) groups excluding carboxylic acids is 1. The number of rotatable bonds is 5. The van der Waals surface area contributed by atoms with E-state index in [1.54, 1.807) is 4.90 Å². The van der Waals surface area contributed by atoms with Crippen LogP contribution >= 0.6 is 0 Å². The molecule has 5 nitrogen and oxygen atoms in total. The van der Waals surface area contributed by atoms with Crippen LogP contribution in [-0.2, 0) is 4.79 Å². The van der Waals surface area contributed by atoms with Gasteiger partial charge in [-0.15, -0.1) is 0 Å². The number of hydrogen-bond donors (Lipinski definition) is 1. The molecule has 1 N–H and O–H groups in total. The van der Waals surface area contributed by atoms with Crippen molar-refractivity contribution in [2.45, 2.75) is 19.1 Å². The molecule has 2 aromatic carbocycles. The molecule has 0 spiro atoms. The van der Waals surface area contributed by atoms with Crippen LogP contribution in [-0.4, -0.2) is 45.3 Å². The zero-order valence-corrected chi connectivity index (χ0v) is 14.9. The van der Waals surface area contributed by atoms with Gasteiger partial charge in [0.2, 0.25) is 0 Å². The minimum Gasteiger partial charge on any atom is -0.486 e. The predicted octanol–water partition coefficient (Wildman–Crippen LogP) is 1.39. The lowest BCUT2D eigenvalue weighted by molar-refractivity contribution is -0.896. The molecule has 1 amide bonds. The number of carbonyl (C=O) groups is 1. The van der Waals surface area contributed by atoms with Gasteiger partial charge in [0.05, 0.1) is 7.05 Å².